The molecule has 0 aliphatic carbocycles. The minimum Gasteiger partial charge on any atom is -0.493 e. The number of aromatic amines is 1. The maximum Gasteiger partial charge on any atom is 0.329 e. The molecule has 0 spiro atoms. The quantitative estimate of drug-likeness (QED) is 0.532. The van der Waals surface area contributed by atoms with Crippen LogP contribution in [0.3, 0.4) is 0 Å². The molecular formula is C20H16N4O6. The van der Waals surface area contributed by atoms with Crippen molar-refractivity contribution in [3.8, 4) is 28.6 Å². The van der Waals surface area contributed by atoms with Crippen molar-refractivity contribution < 1.29 is 18.7 Å². The van der Waals surface area contributed by atoms with Gasteiger partial charge in [0, 0.05) is 6.07 Å². The van der Waals surface area contributed by atoms with E-state index in [0.29, 0.717) is 46.1 Å². The molecule has 3 heterocycles. The van der Waals surface area contributed by atoms with Gasteiger partial charge in [0.1, 0.15) is 12.3 Å². The van der Waals surface area contributed by atoms with E-state index in [1.807, 2.05) is 19.1 Å². The van der Waals surface area contributed by atoms with Crippen molar-refractivity contribution in [3.63, 3.8) is 0 Å². The van der Waals surface area contributed by atoms with E-state index in [2.05, 4.69) is 15.1 Å². The molecule has 0 saturated carbocycles. The highest BCUT2D eigenvalue weighted by Crippen LogP contribution is 2.34. The zero-order valence-corrected chi connectivity index (χ0v) is 15.9. The smallest absolute Gasteiger partial charge is 0.329 e. The molecule has 2 aromatic carbocycles. The zero-order chi connectivity index (χ0) is 20.7. The van der Waals surface area contributed by atoms with Crippen LogP contribution in [0.15, 0.2) is 50.5 Å². The number of hydrogen-bond acceptors (Lipinski definition) is 8. The second kappa shape index (κ2) is 7.07. The van der Waals surface area contributed by atoms with Gasteiger partial charge in [-0.1, -0.05) is 17.3 Å². The molecular weight excluding hydrogens is 392 g/mol. The Morgan fingerprint density at radius 3 is 2.80 bits per heavy atom. The maximum atomic E-state index is 12.9. The summed E-state index contributed by atoms with van der Waals surface area (Å²) in [6, 6.07) is 10.4. The number of rotatable bonds is 5. The number of ether oxygens (including phenoxy) is 3. The van der Waals surface area contributed by atoms with Gasteiger partial charge in [0.2, 0.25) is 18.5 Å². The summed E-state index contributed by atoms with van der Waals surface area (Å²) in [7, 11) is 0. The van der Waals surface area contributed by atoms with E-state index in [0.717, 1.165) is 4.57 Å². The number of nitrogens with zero attached hydrogens (tertiary/aromatic N) is 3. The van der Waals surface area contributed by atoms with E-state index in [9.17, 15) is 9.59 Å². The molecule has 0 bridgehead atoms. The van der Waals surface area contributed by atoms with Gasteiger partial charge in [-0.05, 0) is 25.1 Å². The highest BCUT2D eigenvalue weighted by Gasteiger charge is 2.19. The second-order valence-electron chi connectivity index (χ2n) is 6.51. The molecule has 152 valence electrons. The Morgan fingerprint density at radius 1 is 1.17 bits per heavy atom. The van der Waals surface area contributed by atoms with Crippen LogP contribution in [0.5, 0.6) is 17.2 Å². The number of H-pyrrole nitrogens is 1. The van der Waals surface area contributed by atoms with Crippen molar-refractivity contribution in [3.05, 3.63) is 63.1 Å². The highest BCUT2D eigenvalue weighted by atomic mass is 16.7. The normalized spacial score (nSPS) is 12.4. The lowest BCUT2D eigenvalue weighted by atomic mass is 10.2. The van der Waals surface area contributed by atoms with Gasteiger partial charge in [0.05, 0.1) is 23.1 Å². The first-order valence-electron chi connectivity index (χ1n) is 9.25. The number of hydrogen-bond donors (Lipinski definition) is 1. The van der Waals surface area contributed by atoms with Gasteiger partial charge in [-0.25, -0.2) is 4.79 Å². The summed E-state index contributed by atoms with van der Waals surface area (Å²) >= 11 is 0. The largest absolute Gasteiger partial charge is 0.493 e. The average Bonchev–Trinajstić information content (AvgIpc) is 3.40. The minimum absolute atomic E-state index is 0.0675. The van der Waals surface area contributed by atoms with Gasteiger partial charge < -0.3 is 23.7 Å². The standard InChI is InChI=1S/C20H16N4O6/c1-2-27-14-6-4-3-5-11(14)18-22-17(30-23-18)9-24-19(25)12-7-15-16(29-10-28-15)8-13(12)21-20(24)26/h3-8H,2,9-10H2,1H3,(H,21,26). The molecule has 2 aromatic heterocycles. The fraction of sp³-hybridized carbons (Fsp3) is 0.200. The summed E-state index contributed by atoms with van der Waals surface area (Å²) in [5, 5.41) is 4.26. The van der Waals surface area contributed by atoms with Crippen molar-refractivity contribution in [1.29, 1.82) is 0 Å². The monoisotopic (exact) mass is 408 g/mol. The van der Waals surface area contributed by atoms with Gasteiger partial charge in [0.25, 0.3) is 5.56 Å². The van der Waals surface area contributed by atoms with Gasteiger partial charge in [-0.3, -0.25) is 9.36 Å². The Kier molecular flexibility index (Phi) is 4.24. The van der Waals surface area contributed by atoms with Crippen LogP contribution >= 0.6 is 0 Å². The van der Waals surface area contributed by atoms with Crippen LogP contribution in [-0.4, -0.2) is 33.1 Å². The molecule has 1 aliphatic rings. The van der Waals surface area contributed by atoms with Gasteiger partial charge in [0.15, 0.2) is 11.5 Å². The van der Waals surface area contributed by atoms with Crippen molar-refractivity contribution >= 4 is 10.9 Å². The molecule has 0 saturated heterocycles. The van der Waals surface area contributed by atoms with Gasteiger partial charge >= 0.3 is 5.69 Å². The van der Waals surface area contributed by atoms with Crippen molar-refractivity contribution in [1.82, 2.24) is 19.7 Å². The molecule has 10 nitrogen and oxygen atoms in total. The van der Waals surface area contributed by atoms with Crippen LogP contribution in [0.1, 0.15) is 12.8 Å². The van der Waals surface area contributed by atoms with Gasteiger partial charge in [-0.15, -0.1) is 0 Å². The molecule has 0 amide bonds. The lowest BCUT2D eigenvalue weighted by Gasteiger charge is -2.06. The maximum absolute atomic E-state index is 12.9. The molecule has 4 aromatic rings. The Balaban J connectivity index is 1.52. The van der Waals surface area contributed by atoms with E-state index in [1.54, 1.807) is 24.3 Å². The SMILES string of the molecule is CCOc1ccccc1-c1noc(Cn2c(=O)[nH]c3cc4c(cc3c2=O)OCO4)n1. The molecule has 1 aliphatic heterocycles. The fourth-order valence-corrected chi connectivity index (χ4v) is 3.28. The predicted molar refractivity (Wildman–Crippen MR) is 105 cm³/mol. The summed E-state index contributed by atoms with van der Waals surface area (Å²) in [6.45, 7) is 2.26. The summed E-state index contributed by atoms with van der Waals surface area (Å²) in [5.74, 6) is 1.96. The van der Waals surface area contributed by atoms with E-state index in [-0.39, 0.29) is 19.2 Å². The van der Waals surface area contributed by atoms with Crippen molar-refractivity contribution in [2.24, 2.45) is 0 Å². The first-order chi connectivity index (χ1) is 14.6. The third-order valence-corrected chi connectivity index (χ3v) is 4.66. The molecule has 0 unspecified atom stereocenters. The molecule has 0 atom stereocenters. The van der Waals surface area contributed by atoms with E-state index in [1.165, 1.54) is 0 Å². The van der Waals surface area contributed by atoms with Gasteiger partial charge in [-0.2, -0.15) is 4.98 Å². The average molecular weight is 408 g/mol. The summed E-state index contributed by atoms with van der Waals surface area (Å²) in [6.07, 6.45) is 0. The Morgan fingerprint density at radius 2 is 1.97 bits per heavy atom. The van der Waals surface area contributed by atoms with E-state index < -0.39 is 11.2 Å². The zero-order valence-electron chi connectivity index (χ0n) is 15.9. The Bertz CT molecular complexity index is 1370. The molecule has 0 radical (unpaired) electrons. The first kappa shape index (κ1) is 18.0. The number of nitrogens with one attached hydrogen (secondary N) is 1. The topological polar surface area (TPSA) is 121 Å². The third-order valence-electron chi connectivity index (χ3n) is 4.66. The third kappa shape index (κ3) is 2.98. The fourth-order valence-electron chi connectivity index (χ4n) is 3.28. The lowest BCUT2D eigenvalue weighted by molar-refractivity contribution is 0.174. The van der Waals surface area contributed by atoms with E-state index >= 15 is 0 Å². The van der Waals surface area contributed by atoms with Crippen LogP contribution < -0.4 is 25.5 Å². The number of aromatic nitrogens is 4. The van der Waals surface area contributed by atoms with E-state index in [4.69, 9.17) is 18.7 Å². The first-order valence-corrected chi connectivity index (χ1v) is 9.25. The summed E-state index contributed by atoms with van der Waals surface area (Å²) < 4.78 is 22.5. The summed E-state index contributed by atoms with van der Waals surface area (Å²) in [5.41, 5.74) is -0.0773. The van der Waals surface area contributed by atoms with Crippen molar-refractivity contribution in [2.45, 2.75) is 13.5 Å². The van der Waals surface area contributed by atoms with Crippen molar-refractivity contribution in [2.75, 3.05) is 13.4 Å². The Labute approximate surface area is 168 Å². The second-order valence-corrected chi connectivity index (χ2v) is 6.51. The van der Waals surface area contributed by atoms with Crippen LogP contribution in [0.25, 0.3) is 22.3 Å². The number of benzene rings is 2. The Hall–Kier alpha value is -4.08. The van der Waals surface area contributed by atoms with Crippen LogP contribution in [0.4, 0.5) is 0 Å². The molecule has 10 heteroatoms. The number of fused-ring (bicyclic) bond motifs is 2. The minimum atomic E-state index is -0.596. The number of para-hydroxylation sites is 1. The molecule has 1 N–H and O–H groups in total. The predicted octanol–water partition coefficient (Wildman–Crippen LogP) is 1.92. The van der Waals surface area contributed by atoms with Crippen LogP contribution in [0, 0.1) is 0 Å². The lowest BCUT2D eigenvalue weighted by Crippen LogP contribution is -2.35. The molecule has 5 rings (SSSR count). The molecule has 30 heavy (non-hydrogen) atoms. The molecule has 0 fully saturated rings. The summed E-state index contributed by atoms with van der Waals surface area (Å²) in [4.78, 5) is 32.4. The highest BCUT2D eigenvalue weighted by molar-refractivity contribution is 5.81. The van der Waals surface area contributed by atoms with Crippen LogP contribution in [-0.2, 0) is 6.54 Å². The van der Waals surface area contributed by atoms with Crippen LogP contribution in [0.2, 0.25) is 0 Å².